The van der Waals surface area contributed by atoms with Gasteiger partial charge in [-0.15, -0.1) is 11.3 Å². The SMILES string of the molecule is CCOC(=O)C1=c2s/c(=C/c3ccccc3Br)c(=O)n2C(c2ccccc2Br)C(C#N)=C1N. The summed E-state index contributed by atoms with van der Waals surface area (Å²) in [6.07, 6.45) is 1.75. The van der Waals surface area contributed by atoms with Gasteiger partial charge in [0.15, 0.2) is 0 Å². The third-order valence-electron chi connectivity index (χ3n) is 5.15. The Morgan fingerprint density at radius 3 is 2.52 bits per heavy atom. The van der Waals surface area contributed by atoms with Crippen LogP contribution in [-0.4, -0.2) is 17.1 Å². The average Bonchev–Trinajstić information content (AvgIpc) is 3.10. The van der Waals surface area contributed by atoms with E-state index in [4.69, 9.17) is 10.5 Å². The molecule has 0 radical (unpaired) electrons. The van der Waals surface area contributed by atoms with Gasteiger partial charge in [0.2, 0.25) is 0 Å². The summed E-state index contributed by atoms with van der Waals surface area (Å²) in [7, 11) is 0. The zero-order valence-electron chi connectivity index (χ0n) is 17.3. The van der Waals surface area contributed by atoms with Gasteiger partial charge < -0.3 is 10.5 Å². The fourth-order valence-electron chi connectivity index (χ4n) is 3.68. The lowest BCUT2D eigenvalue weighted by Crippen LogP contribution is -2.41. The molecule has 1 unspecified atom stereocenters. The lowest BCUT2D eigenvalue weighted by molar-refractivity contribution is -0.136. The normalized spacial score (nSPS) is 15.9. The fraction of sp³-hybridized carbons (Fsp3) is 0.125. The summed E-state index contributed by atoms with van der Waals surface area (Å²) < 4.78 is 8.99. The third kappa shape index (κ3) is 4.10. The zero-order valence-corrected chi connectivity index (χ0v) is 21.3. The molecule has 0 amide bonds. The molecule has 2 heterocycles. The minimum absolute atomic E-state index is 0.0189. The first-order chi connectivity index (χ1) is 15.9. The van der Waals surface area contributed by atoms with E-state index in [0.29, 0.717) is 14.8 Å². The molecule has 3 aromatic rings. The number of nitrogens with zero attached hydrogens (tertiary/aromatic N) is 2. The lowest BCUT2D eigenvalue weighted by atomic mass is 9.93. The Morgan fingerprint density at radius 1 is 1.21 bits per heavy atom. The number of carbonyl (C=O) groups is 1. The number of hydrogen-bond donors (Lipinski definition) is 1. The number of carbonyl (C=O) groups excluding carboxylic acids is 1. The molecule has 0 bridgehead atoms. The Hall–Kier alpha value is -2.93. The largest absolute Gasteiger partial charge is 0.462 e. The van der Waals surface area contributed by atoms with Gasteiger partial charge >= 0.3 is 5.97 Å². The first-order valence-corrected chi connectivity index (χ1v) is 12.3. The zero-order chi connectivity index (χ0) is 23.7. The number of ether oxygens (including phenoxy) is 1. The molecule has 1 aliphatic rings. The first kappa shape index (κ1) is 23.2. The van der Waals surface area contributed by atoms with E-state index in [1.54, 1.807) is 13.0 Å². The first-order valence-electron chi connectivity index (χ1n) is 9.92. The van der Waals surface area contributed by atoms with Gasteiger partial charge in [0, 0.05) is 8.95 Å². The van der Waals surface area contributed by atoms with Crippen molar-refractivity contribution in [2.24, 2.45) is 5.73 Å². The number of nitrogens with two attached hydrogens (primary N) is 1. The Kier molecular flexibility index (Phi) is 6.70. The van der Waals surface area contributed by atoms with Gasteiger partial charge in [0.1, 0.15) is 16.3 Å². The molecule has 2 aromatic carbocycles. The van der Waals surface area contributed by atoms with Crippen molar-refractivity contribution in [3.05, 3.63) is 99.4 Å². The van der Waals surface area contributed by atoms with Crippen LogP contribution in [0.1, 0.15) is 24.1 Å². The molecule has 166 valence electrons. The Morgan fingerprint density at radius 2 is 1.88 bits per heavy atom. The second-order valence-electron chi connectivity index (χ2n) is 7.07. The van der Waals surface area contributed by atoms with Crippen molar-refractivity contribution >= 4 is 60.8 Å². The summed E-state index contributed by atoms with van der Waals surface area (Å²) >= 11 is 8.17. The second-order valence-corrected chi connectivity index (χ2v) is 9.81. The van der Waals surface area contributed by atoms with Gasteiger partial charge in [-0.3, -0.25) is 9.36 Å². The molecule has 1 aliphatic heterocycles. The molecule has 1 atom stereocenters. The van der Waals surface area contributed by atoms with Crippen LogP contribution in [-0.2, 0) is 9.53 Å². The molecule has 0 spiro atoms. The van der Waals surface area contributed by atoms with Crippen LogP contribution < -0.4 is 20.5 Å². The number of aromatic nitrogens is 1. The number of esters is 1. The number of halogens is 2. The van der Waals surface area contributed by atoms with Gasteiger partial charge in [0.05, 0.1) is 28.5 Å². The highest BCUT2D eigenvalue weighted by atomic mass is 79.9. The van der Waals surface area contributed by atoms with Gasteiger partial charge in [-0.2, -0.15) is 5.26 Å². The minimum atomic E-state index is -0.788. The topological polar surface area (TPSA) is 98.1 Å². The number of rotatable bonds is 4. The molecule has 0 aliphatic carbocycles. The highest BCUT2D eigenvalue weighted by molar-refractivity contribution is 9.10. The molecule has 1 aromatic heterocycles. The van der Waals surface area contributed by atoms with Crippen LogP contribution in [0.15, 0.2) is 73.5 Å². The summed E-state index contributed by atoms with van der Waals surface area (Å²) in [4.78, 5) is 26.5. The molecule has 6 nitrogen and oxygen atoms in total. The number of thiazole rings is 1. The quantitative estimate of drug-likeness (QED) is 0.473. The minimum Gasteiger partial charge on any atom is -0.462 e. The van der Waals surface area contributed by atoms with Gasteiger partial charge in [0.25, 0.3) is 5.56 Å². The van der Waals surface area contributed by atoms with E-state index in [1.807, 2.05) is 48.5 Å². The van der Waals surface area contributed by atoms with Crippen molar-refractivity contribution in [1.29, 1.82) is 5.26 Å². The van der Waals surface area contributed by atoms with E-state index in [1.165, 1.54) is 4.57 Å². The highest BCUT2D eigenvalue weighted by Crippen LogP contribution is 2.34. The van der Waals surface area contributed by atoms with Gasteiger partial charge in [-0.05, 0) is 36.3 Å². The van der Waals surface area contributed by atoms with E-state index in [0.717, 1.165) is 25.8 Å². The molecule has 0 fully saturated rings. The number of nitriles is 1. The summed E-state index contributed by atoms with van der Waals surface area (Å²) in [5.74, 6) is -0.671. The Bertz CT molecular complexity index is 1530. The second kappa shape index (κ2) is 9.51. The maximum absolute atomic E-state index is 13.7. The van der Waals surface area contributed by atoms with Crippen LogP contribution in [0.3, 0.4) is 0 Å². The van der Waals surface area contributed by atoms with Crippen molar-refractivity contribution in [1.82, 2.24) is 4.57 Å². The van der Waals surface area contributed by atoms with Gasteiger partial charge in [-0.1, -0.05) is 68.3 Å². The van der Waals surface area contributed by atoms with Crippen molar-refractivity contribution in [2.75, 3.05) is 6.61 Å². The maximum Gasteiger partial charge on any atom is 0.343 e. The van der Waals surface area contributed by atoms with Crippen LogP contribution in [0.5, 0.6) is 0 Å². The summed E-state index contributed by atoms with van der Waals surface area (Å²) in [5, 5.41) is 10.0. The van der Waals surface area contributed by atoms with E-state index in [2.05, 4.69) is 37.9 Å². The molecule has 0 saturated heterocycles. The van der Waals surface area contributed by atoms with Crippen LogP contribution in [0.4, 0.5) is 0 Å². The van der Waals surface area contributed by atoms with Crippen molar-refractivity contribution in [3.8, 4) is 6.07 Å². The monoisotopic (exact) mass is 585 g/mol. The third-order valence-corrected chi connectivity index (χ3v) is 7.70. The molecular weight excluding hydrogens is 570 g/mol. The van der Waals surface area contributed by atoms with E-state index >= 15 is 0 Å². The predicted octanol–water partition coefficient (Wildman–Crippen LogP) is 3.32. The lowest BCUT2D eigenvalue weighted by Gasteiger charge is -2.25. The molecule has 0 saturated carbocycles. The van der Waals surface area contributed by atoms with Crippen molar-refractivity contribution < 1.29 is 9.53 Å². The average molecular weight is 587 g/mol. The van der Waals surface area contributed by atoms with Crippen LogP contribution in [0, 0.1) is 11.3 Å². The Labute approximate surface area is 210 Å². The standard InChI is InChI=1S/C24H17Br2N3O3S/c1-2-32-24(31)19-20(28)15(12-27)21(14-8-4-6-10-17(14)26)29-22(30)18(33-23(19)29)11-13-7-3-5-9-16(13)25/h3-11,21H,2,28H2,1H3/b18-11+. The van der Waals surface area contributed by atoms with Crippen LogP contribution in [0.2, 0.25) is 0 Å². The highest BCUT2D eigenvalue weighted by Gasteiger charge is 2.35. The van der Waals surface area contributed by atoms with Crippen LogP contribution >= 0.6 is 43.2 Å². The van der Waals surface area contributed by atoms with E-state index in [-0.39, 0.29) is 29.0 Å². The maximum atomic E-state index is 13.7. The van der Waals surface area contributed by atoms with Crippen LogP contribution in [0.25, 0.3) is 11.6 Å². The number of allylic oxidation sites excluding steroid dienone is 1. The van der Waals surface area contributed by atoms with E-state index < -0.39 is 12.0 Å². The molecule has 4 rings (SSSR count). The number of fused-ring (bicyclic) bond motifs is 1. The predicted molar refractivity (Wildman–Crippen MR) is 135 cm³/mol. The van der Waals surface area contributed by atoms with Crippen molar-refractivity contribution in [2.45, 2.75) is 13.0 Å². The fourth-order valence-corrected chi connectivity index (χ4v) is 5.74. The number of benzene rings is 2. The van der Waals surface area contributed by atoms with Gasteiger partial charge in [-0.25, -0.2) is 4.79 Å². The van der Waals surface area contributed by atoms with Crippen molar-refractivity contribution in [3.63, 3.8) is 0 Å². The molecule has 2 N–H and O–H groups in total. The van der Waals surface area contributed by atoms with E-state index in [9.17, 15) is 14.9 Å². The Balaban J connectivity index is 2.14. The summed E-state index contributed by atoms with van der Waals surface area (Å²) in [6, 6.07) is 16.2. The molecule has 33 heavy (non-hydrogen) atoms. The number of hydrogen-bond acceptors (Lipinski definition) is 6. The molecule has 9 heteroatoms. The summed E-state index contributed by atoms with van der Waals surface area (Å²) in [5.41, 5.74) is 7.71. The summed E-state index contributed by atoms with van der Waals surface area (Å²) in [6.45, 7) is 1.82. The molecular formula is C24H17Br2N3O3S. The smallest absolute Gasteiger partial charge is 0.343 e.